The van der Waals surface area contributed by atoms with E-state index in [9.17, 15) is 0 Å². The van der Waals surface area contributed by atoms with E-state index in [0.29, 0.717) is 0 Å². The van der Waals surface area contributed by atoms with Gasteiger partial charge in [0.15, 0.2) is 0 Å². The number of rotatable bonds is 13. The lowest BCUT2D eigenvalue weighted by molar-refractivity contribution is 1.10. The summed E-state index contributed by atoms with van der Waals surface area (Å²) in [4.78, 5) is 4.79. The Kier molecular flexibility index (Phi) is 12.1. The number of aryl methyl sites for hydroxylation is 3. The topological polar surface area (TPSA) is 6.48 Å². The van der Waals surface area contributed by atoms with Crippen molar-refractivity contribution in [3.63, 3.8) is 0 Å². The van der Waals surface area contributed by atoms with Gasteiger partial charge < -0.3 is 9.80 Å². The SMILES string of the molecule is CCc1ccccc1N(c1ccc(/C=C/c2ccccc2)cc1)c1ccc(-c2ccc(N(c3ccc(/C=C/c4ccccc4)cc3)c3c(C)cccc3CC)cc2)cc1. The van der Waals surface area contributed by atoms with Crippen molar-refractivity contribution < 1.29 is 0 Å². The Hall–Kier alpha value is -7.16. The van der Waals surface area contributed by atoms with Gasteiger partial charge in [0.1, 0.15) is 0 Å². The van der Waals surface area contributed by atoms with Gasteiger partial charge in [0, 0.05) is 28.4 Å². The summed E-state index contributed by atoms with van der Waals surface area (Å²) in [6.45, 7) is 6.68. The van der Waals surface area contributed by atoms with E-state index in [4.69, 9.17) is 0 Å². The highest BCUT2D eigenvalue weighted by Gasteiger charge is 2.19. The van der Waals surface area contributed by atoms with E-state index in [1.165, 1.54) is 61.4 Å². The van der Waals surface area contributed by atoms with E-state index in [-0.39, 0.29) is 0 Å². The molecule has 0 radical (unpaired) electrons. The van der Waals surface area contributed by atoms with E-state index in [0.717, 1.165) is 35.6 Å². The van der Waals surface area contributed by atoms with Crippen molar-refractivity contribution in [2.75, 3.05) is 9.80 Å². The van der Waals surface area contributed by atoms with Gasteiger partial charge in [-0.25, -0.2) is 0 Å². The Morgan fingerprint density at radius 1 is 0.339 bits per heavy atom. The number of nitrogens with zero attached hydrogens (tertiary/aromatic N) is 2. The van der Waals surface area contributed by atoms with Gasteiger partial charge >= 0.3 is 0 Å². The van der Waals surface area contributed by atoms with Crippen molar-refractivity contribution in [1.29, 1.82) is 0 Å². The molecule has 59 heavy (non-hydrogen) atoms. The zero-order chi connectivity index (χ0) is 40.4. The van der Waals surface area contributed by atoms with Crippen molar-refractivity contribution in [3.05, 3.63) is 239 Å². The van der Waals surface area contributed by atoms with Crippen molar-refractivity contribution in [2.45, 2.75) is 33.6 Å². The van der Waals surface area contributed by atoms with Gasteiger partial charge in [-0.3, -0.25) is 0 Å². The average Bonchev–Trinajstić information content (AvgIpc) is 3.30. The summed E-state index contributed by atoms with van der Waals surface area (Å²) < 4.78 is 0. The van der Waals surface area contributed by atoms with Crippen LogP contribution in [-0.4, -0.2) is 0 Å². The first-order valence-electron chi connectivity index (χ1n) is 20.7. The van der Waals surface area contributed by atoms with Gasteiger partial charge in [-0.15, -0.1) is 0 Å². The van der Waals surface area contributed by atoms with Gasteiger partial charge in [0.25, 0.3) is 0 Å². The third kappa shape index (κ3) is 9.04. The van der Waals surface area contributed by atoms with Crippen LogP contribution in [0.4, 0.5) is 34.1 Å². The van der Waals surface area contributed by atoms with Gasteiger partial charge in [-0.05, 0) is 124 Å². The van der Waals surface area contributed by atoms with Crippen LogP contribution in [0.3, 0.4) is 0 Å². The van der Waals surface area contributed by atoms with Crippen LogP contribution in [-0.2, 0) is 12.8 Å². The smallest absolute Gasteiger partial charge is 0.0522 e. The minimum atomic E-state index is 0.948. The molecule has 0 aliphatic rings. The molecule has 0 saturated heterocycles. The fraction of sp³-hybridized carbons (Fsp3) is 0.0877. The number of para-hydroxylation sites is 2. The first kappa shape index (κ1) is 38.7. The summed E-state index contributed by atoms with van der Waals surface area (Å²) in [7, 11) is 0. The third-order valence-corrected chi connectivity index (χ3v) is 11.0. The van der Waals surface area contributed by atoms with Crippen molar-refractivity contribution in [1.82, 2.24) is 0 Å². The summed E-state index contributed by atoms with van der Waals surface area (Å²) in [6.07, 6.45) is 10.6. The zero-order valence-electron chi connectivity index (χ0n) is 34.2. The lowest BCUT2D eigenvalue weighted by Gasteiger charge is -2.29. The highest BCUT2D eigenvalue weighted by atomic mass is 15.2. The maximum atomic E-state index is 2.41. The highest BCUT2D eigenvalue weighted by molar-refractivity contribution is 5.84. The van der Waals surface area contributed by atoms with E-state index < -0.39 is 0 Å². The maximum absolute atomic E-state index is 2.41. The molecule has 2 heteroatoms. The number of hydrogen-bond acceptors (Lipinski definition) is 2. The molecular formula is C57H50N2. The molecule has 0 aliphatic carbocycles. The molecule has 0 unspecified atom stereocenters. The van der Waals surface area contributed by atoms with Gasteiger partial charge in [-0.2, -0.15) is 0 Å². The second kappa shape index (κ2) is 18.4. The molecule has 8 rings (SSSR count). The zero-order valence-corrected chi connectivity index (χ0v) is 34.2. The molecule has 0 fully saturated rings. The summed E-state index contributed by atoms with van der Waals surface area (Å²) in [5.74, 6) is 0. The standard InChI is InChI=1S/C57H50N2/c1-4-48-20-12-13-22-56(48)58(52-35-27-46(28-36-52)25-23-44-16-8-6-9-17-44)53-39-31-50(32-40-53)51-33-41-55(42-34-51)59(57-43(3)15-14-21-49(57)5-2)54-37-29-47(30-38-54)26-24-45-18-10-7-11-19-45/h6-42H,4-5H2,1-3H3/b25-23+,26-24+. The molecule has 0 amide bonds. The molecule has 0 bridgehead atoms. The molecule has 0 heterocycles. The largest absolute Gasteiger partial charge is 0.310 e. The first-order chi connectivity index (χ1) is 29.1. The van der Waals surface area contributed by atoms with Crippen molar-refractivity contribution in [3.8, 4) is 11.1 Å². The maximum Gasteiger partial charge on any atom is 0.0522 e. The van der Waals surface area contributed by atoms with E-state index in [1.54, 1.807) is 0 Å². The van der Waals surface area contributed by atoms with Crippen LogP contribution in [0, 0.1) is 6.92 Å². The van der Waals surface area contributed by atoms with E-state index >= 15 is 0 Å². The molecule has 2 nitrogen and oxygen atoms in total. The molecule has 0 saturated carbocycles. The summed E-state index contributed by atoms with van der Waals surface area (Å²) in [5, 5.41) is 0. The summed E-state index contributed by atoms with van der Waals surface area (Å²) >= 11 is 0. The normalized spacial score (nSPS) is 11.3. The molecule has 0 N–H and O–H groups in total. The highest BCUT2D eigenvalue weighted by Crippen LogP contribution is 2.41. The number of benzene rings is 8. The minimum absolute atomic E-state index is 0.948. The van der Waals surface area contributed by atoms with Crippen LogP contribution in [0.15, 0.2) is 200 Å². The predicted molar refractivity (Wildman–Crippen MR) is 255 cm³/mol. The van der Waals surface area contributed by atoms with Crippen molar-refractivity contribution in [2.24, 2.45) is 0 Å². The van der Waals surface area contributed by atoms with Gasteiger partial charge in [0.2, 0.25) is 0 Å². The summed E-state index contributed by atoms with van der Waals surface area (Å²) in [5.41, 5.74) is 17.9. The number of hydrogen-bond donors (Lipinski definition) is 0. The fourth-order valence-corrected chi connectivity index (χ4v) is 7.78. The van der Waals surface area contributed by atoms with E-state index in [1.807, 2.05) is 12.1 Å². The monoisotopic (exact) mass is 762 g/mol. The van der Waals surface area contributed by atoms with Gasteiger partial charge in [0.05, 0.1) is 5.69 Å². The number of anilines is 6. The fourth-order valence-electron chi connectivity index (χ4n) is 7.78. The molecule has 0 spiro atoms. The Balaban J connectivity index is 1.09. The predicted octanol–water partition coefficient (Wildman–Crippen LogP) is 16.1. The quantitative estimate of drug-likeness (QED) is 0.108. The molecule has 8 aromatic carbocycles. The van der Waals surface area contributed by atoms with Crippen LogP contribution in [0.5, 0.6) is 0 Å². The molecule has 0 atom stereocenters. The third-order valence-electron chi connectivity index (χ3n) is 11.0. The molecule has 0 aliphatic heterocycles. The molecule has 288 valence electrons. The molecule has 0 aromatic heterocycles. The Labute approximate surface area is 350 Å². The lowest BCUT2D eigenvalue weighted by Crippen LogP contribution is -2.13. The van der Waals surface area contributed by atoms with Crippen molar-refractivity contribution >= 4 is 58.4 Å². The summed E-state index contributed by atoms with van der Waals surface area (Å²) in [6, 6.07) is 72.0. The Morgan fingerprint density at radius 3 is 1.17 bits per heavy atom. The van der Waals surface area contributed by atoms with Crippen LogP contribution in [0.2, 0.25) is 0 Å². The second-order valence-corrected chi connectivity index (χ2v) is 14.9. The second-order valence-electron chi connectivity index (χ2n) is 14.9. The van der Waals surface area contributed by atoms with E-state index in [2.05, 4.69) is 243 Å². The first-order valence-corrected chi connectivity index (χ1v) is 20.7. The minimum Gasteiger partial charge on any atom is -0.310 e. The Morgan fingerprint density at radius 2 is 0.712 bits per heavy atom. The molecule has 8 aromatic rings. The average molecular weight is 763 g/mol. The van der Waals surface area contributed by atoms with Crippen LogP contribution < -0.4 is 9.80 Å². The van der Waals surface area contributed by atoms with Gasteiger partial charge in [-0.1, -0.05) is 184 Å². The van der Waals surface area contributed by atoms with Crippen LogP contribution in [0.1, 0.15) is 52.8 Å². The van der Waals surface area contributed by atoms with Crippen LogP contribution in [0.25, 0.3) is 35.4 Å². The lowest BCUT2D eigenvalue weighted by atomic mass is 10.0. The molecular weight excluding hydrogens is 713 g/mol. The Bertz CT molecular complexity index is 2640. The van der Waals surface area contributed by atoms with Crippen LogP contribution >= 0.6 is 0 Å².